The van der Waals surface area contributed by atoms with Crippen LogP contribution in [0.3, 0.4) is 0 Å². The van der Waals surface area contributed by atoms with Crippen molar-refractivity contribution in [1.29, 1.82) is 0 Å². The third kappa shape index (κ3) is 4.51. The van der Waals surface area contributed by atoms with Gasteiger partial charge in [-0.15, -0.1) is 0 Å². The van der Waals surface area contributed by atoms with Crippen molar-refractivity contribution in [2.24, 2.45) is 0 Å². The highest BCUT2D eigenvalue weighted by Crippen LogP contribution is 2.30. The third-order valence-corrected chi connectivity index (χ3v) is 4.01. The maximum absolute atomic E-state index is 13.2. The van der Waals surface area contributed by atoms with E-state index in [1.165, 1.54) is 18.5 Å². The summed E-state index contributed by atoms with van der Waals surface area (Å²) in [5.41, 5.74) is 1.63. The number of carbonyl (C=O) groups excluding carboxylic acids is 1. The van der Waals surface area contributed by atoms with Crippen LogP contribution in [0.2, 0.25) is 5.02 Å². The van der Waals surface area contributed by atoms with E-state index in [1.54, 1.807) is 37.4 Å². The molecule has 3 rings (SSSR count). The van der Waals surface area contributed by atoms with Gasteiger partial charge in [-0.3, -0.25) is 4.79 Å². The highest BCUT2D eigenvalue weighted by atomic mass is 35.5. The van der Waals surface area contributed by atoms with Gasteiger partial charge in [0.15, 0.2) is 6.29 Å². The smallest absolute Gasteiger partial charge is 0.157 e. The normalized spacial score (nSPS) is 10.3. The summed E-state index contributed by atoms with van der Waals surface area (Å²) in [6, 6.07) is 11.2. The molecule has 0 amide bonds. The van der Waals surface area contributed by atoms with E-state index >= 15 is 0 Å². The Bertz CT molecular complexity index is 968. The molecule has 0 saturated carbocycles. The van der Waals surface area contributed by atoms with Crippen LogP contribution >= 0.6 is 11.6 Å². The van der Waals surface area contributed by atoms with Crippen molar-refractivity contribution >= 4 is 35.2 Å². The summed E-state index contributed by atoms with van der Waals surface area (Å²) in [6.45, 7) is 0.191. The lowest BCUT2D eigenvalue weighted by Gasteiger charge is -2.12. The van der Waals surface area contributed by atoms with Gasteiger partial charge in [-0.2, -0.15) is 0 Å². The third-order valence-electron chi connectivity index (χ3n) is 3.72. The molecule has 0 aliphatic carbocycles. The predicted octanol–water partition coefficient (Wildman–Crippen LogP) is 4.45. The fourth-order valence-electron chi connectivity index (χ4n) is 2.43. The Morgan fingerprint density at radius 2 is 2.00 bits per heavy atom. The Labute approximate surface area is 160 Å². The van der Waals surface area contributed by atoms with Crippen LogP contribution in [0.4, 0.5) is 21.7 Å². The summed E-state index contributed by atoms with van der Waals surface area (Å²) in [6.07, 6.45) is 2.02. The van der Waals surface area contributed by atoms with E-state index in [0.717, 1.165) is 0 Å². The first-order chi connectivity index (χ1) is 13.1. The van der Waals surface area contributed by atoms with Crippen molar-refractivity contribution in [2.45, 2.75) is 6.61 Å². The zero-order valence-corrected chi connectivity index (χ0v) is 15.1. The highest BCUT2D eigenvalue weighted by Gasteiger charge is 2.11. The molecule has 6 nitrogen and oxygen atoms in total. The summed E-state index contributed by atoms with van der Waals surface area (Å²) in [4.78, 5) is 19.4. The van der Waals surface area contributed by atoms with E-state index in [4.69, 9.17) is 16.3 Å². The molecule has 0 aliphatic heterocycles. The van der Waals surface area contributed by atoms with Crippen molar-refractivity contribution in [2.75, 3.05) is 17.7 Å². The van der Waals surface area contributed by atoms with Crippen LogP contribution in [0.25, 0.3) is 0 Å². The number of nitrogens with one attached hydrogen (secondary N) is 2. The van der Waals surface area contributed by atoms with Crippen LogP contribution in [0.1, 0.15) is 15.9 Å². The first-order valence-electron chi connectivity index (χ1n) is 8.02. The molecule has 3 aromatic rings. The molecule has 27 heavy (non-hydrogen) atoms. The zero-order valence-electron chi connectivity index (χ0n) is 14.4. The number of ether oxygens (including phenoxy) is 1. The summed E-state index contributed by atoms with van der Waals surface area (Å²) < 4.78 is 18.9. The monoisotopic (exact) mass is 386 g/mol. The Morgan fingerprint density at radius 3 is 2.70 bits per heavy atom. The maximum atomic E-state index is 13.2. The number of anilines is 3. The molecule has 8 heteroatoms. The molecule has 0 aliphatic rings. The van der Waals surface area contributed by atoms with Gasteiger partial charge in [0.25, 0.3) is 0 Å². The Morgan fingerprint density at radius 1 is 1.19 bits per heavy atom. The summed E-state index contributed by atoms with van der Waals surface area (Å²) in [5, 5.41) is 6.24. The molecular weight excluding hydrogens is 371 g/mol. The first kappa shape index (κ1) is 18.6. The van der Waals surface area contributed by atoms with Gasteiger partial charge < -0.3 is 15.4 Å². The number of rotatable bonds is 7. The van der Waals surface area contributed by atoms with Crippen molar-refractivity contribution in [3.63, 3.8) is 0 Å². The molecule has 1 heterocycles. The standard InChI is InChI=1S/C19H16ClFN4O2/c1-22-18-15(9-26)19(24-11-23-18)25-14-5-6-17(16(20)8-14)27-10-12-3-2-4-13(21)7-12/h2-9,11H,10H2,1H3,(H2,22,23,24,25). The molecule has 0 spiro atoms. The molecule has 0 atom stereocenters. The molecule has 0 bridgehead atoms. The number of hydrogen-bond donors (Lipinski definition) is 2. The minimum absolute atomic E-state index is 0.191. The largest absolute Gasteiger partial charge is 0.487 e. The van der Waals surface area contributed by atoms with Crippen LogP contribution < -0.4 is 15.4 Å². The number of nitrogens with zero attached hydrogens (tertiary/aromatic N) is 2. The summed E-state index contributed by atoms with van der Waals surface area (Å²) in [7, 11) is 1.67. The second-order valence-electron chi connectivity index (χ2n) is 5.54. The Balaban J connectivity index is 1.74. The van der Waals surface area contributed by atoms with E-state index in [-0.39, 0.29) is 12.4 Å². The van der Waals surface area contributed by atoms with Crippen molar-refractivity contribution in [3.8, 4) is 5.75 Å². The minimum atomic E-state index is -0.321. The van der Waals surface area contributed by atoms with Crippen LogP contribution in [-0.2, 0) is 6.61 Å². The van der Waals surface area contributed by atoms with E-state index in [9.17, 15) is 9.18 Å². The quantitative estimate of drug-likeness (QED) is 0.584. The van der Waals surface area contributed by atoms with Crippen molar-refractivity contribution in [1.82, 2.24) is 9.97 Å². The van der Waals surface area contributed by atoms with E-state index < -0.39 is 0 Å². The average molecular weight is 387 g/mol. The fraction of sp³-hybridized carbons (Fsp3) is 0.105. The first-order valence-corrected chi connectivity index (χ1v) is 8.40. The van der Waals surface area contributed by atoms with Crippen molar-refractivity contribution in [3.05, 3.63) is 70.8 Å². The second kappa shape index (κ2) is 8.46. The zero-order chi connectivity index (χ0) is 19.2. The van der Waals surface area contributed by atoms with E-state index in [0.29, 0.717) is 45.5 Å². The van der Waals surface area contributed by atoms with Gasteiger partial charge in [0.2, 0.25) is 0 Å². The van der Waals surface area contributed by atoms with Crippen LogP contribution in [0.15, 0.2) is 48.8 Å². The number of benzene rings is 2. The number of aromatic nitrogens is 2. The van der Waals surface area contributed by atoms with Gasteiger partial charge in [0, 0.05) is 12.7 Å². The number of hydrogen-bond acceptors (Lipinski definition) is 6. The van der Waals surface area contributed by atoms with E-state index in [1.807, 2.05) is 0 Å². The van der Waals surface area contributed by atoms with Crippen LogP contribution in [0, 0.1) is 5.82 Å². The van der Waals surface area contributed by atoms with Crippen LogP contribution in [-0.4, -0.2) is 23.3 Å². The topological polar surface area (TPSA) is 76.1 Å². The lowest BCUT2D eigenvalue weighted by Crippen LogP contribution is -2.05. The number of halogens is 2. The van der Waals surface area contributed by atoms with E-state index in [2.05, 4.69) is 20.6 Å². The molecule has 1 aromatic heterocycles. The maximum Gasteiger partial charge on any atom is 0.157 e. The molecule has 0 unspecified atom stereocenters. The van der Waals surface area contributed by atoms with Crippen molar-refractivity contribution < 1.29 is 13.9 Å². The average Bonchev–Trinajstić information content (AvgIpc) is 2.67. The molecule has 2 N–H and O–H groups in total. The highest BCUT2D eigenvalue weighted by molar-refractivity contribution is 6.32. The molecule has 0 radical (unpaired) electrons. The summed E-state index contributed by atoms with van der Waals surface area (Å²) in [5.74, 6) is 0.914. The summed E-state index contributed by atoms with van der Waals surface area (Å²) >= 11 is 6.27. The number of carbonyl (C=O) groups is 1. The molecule has 138 valence electrons. The fourth-order valence-corrected chi connectivity index (χ4v) is 2.66. The molecule has 0 saturated heterocycles. The minimum Gasteiger partial charge on any atom is -0.487 e. The van der Waals surface area contributed by atoms with Gasteiger partial charge in [-0.25, -0.2) is 14.4 Å². The van der Waals surface area contributed by atoms with Gasteiger partial charge in [-0.1, -0.05) is 23.7 Å². The lowest BCUT2D eigenvalue weighted by molar-refractivity contribution is 0.112. The number of aldehydes is 1. The SMILES string of the molecule is CNc1ncnc(Nc2ccc(OCc3cccc(F)c3)c(Cl)c2)c1C=O. The molecule has 2 aromatic carbocycles. The van der Waals surface area contributed by atoms with Gasteiger partial charge in [0.05, 0.1) is 10.6 Å². The van der Waals surface area contributed by atoms with Crippen LogP contribution in [0.5, 0.6) is 5.75 Å². The lowest BCUT2D eigenvalue weighted by atomic mass is 10.2. The predicted molar refractivity (Wildman–Crippen MR) is 102 cm³/mol. The Hall–Kier alpha value is -3.19. The van der Waals surface area contributed by atoms with Gasteiger partial charge >= 0.3 is 0 Å². The Kier molecular flexibility index (Phi) is 5.83. The van der Waals surface area contributed by atoms with Gasteiger partial charge in [0.1, 0.15) is 36.1 Å². The van der Waals surface area contributed by atoms with Gasteiger partial charge in [-0.05, 0) is 35.9 Å². The second-order valence-corrected chi connectivity index (χ2v) is 5.95. The molecular formula is C19H16ClFN4O2. The molecule has 0 fully saturated rings.